The lowest BCUT2D eigenvalue weighted by atomic mass is 10.2. The summed E-state index contributed by atoms with van der Waals surface area (Å²) in [7, 11) is 0. The molecule has 0 aromatic carbocycles. The second-order valence-electron chi connectivity index (χ2n) is 4.01. The summed E-state index contributed by atoms with van der Waals surface area (Å²) < 4.78 is 0.979. The highest BCUT2D eigenvalue weighted by atomic mass is 79.9. The molecular weight excluding hydrogens is 314 g/mol. The van der Waals surface area contributed by atoms with Gasteiger partial charge >= 0.3 is 0 Å². The minimum Gasteiger partial charge on any atom is -0.394 e. The van der Waals surface area contributed by atoms with Crippen LogP contribution >= 0.6 is 27.3 Å². The smallest absolute Gasteiger partial charge is 0.127 e. The Morgan fingerprint density at radius 2 is 2.33 bits per heavy atom. The van der Waals surface area contributed by atoms with Crippen LogP contribution in [-0.4, -0.2) is 27.7 Å². The second-order valence-corrected chi connectivity index (χ2v) is 5.89. The number of halogens is 1. The summed E-state index contributed by atoms with van der Waals surface area (Å²) in [6.07, 6.45) is 2.57. The Kier molecular flexibility index (Phi) is 4.68. The van der Waals surface area contributed by atoms with Crippen LogP contribution < -0.4 is 5.32 Å². The highest BCUT2D eigenvalue weighted by molar-refractivity contribution is 9.10. The molecular formula is C12H14BrN3OS. The first kappa shape index (κ1) is 13.5. The van der Waals surface area contributed by atoms with E-state index in [1.54, 1.807) is 16.8 Å². The molecule has 1 atom stereocenters. The fraction of sp³-hybridized carbons (Fsp3) is 0.333. The highest BCUT2D eigenvalue weighted by Crippen LogP contribution is 2.17. The number of aryl methyl sites for hydroxylation is 1. The van der Waals surface area contributed by atoms with E-state index in [2.05, 4.69) is 31.2 Å². The number of nitrogens with one attached hydrogen (secondary N) is 1. The third-order valence-electron chi connectivity index (χ3n) is 2.42. The summed E-state index contributed by atoms with van der Waals surface area (Å²) in [5.41, 5.74) is 2.73. The number of aliphatic hydroxyl groups is 1. The number of aliphatic hydroxyl groups excluding tert-OH is 1. The Bertz CT molecular complexity index is 484. The number of hydrogen-bond acceptors (Lipinski definition) is 5. The summed E-state index contributed by atoms with van der Waals surface area (Å²) in [4.78, 5) is 9.56. The van der Waals surface area contributed by atoms with Gasteiger partial charge in [0.25, 0.3) is 0 Å². The monoisotopic (exact) mass is 327 g/mol. The number of hydrogen-bond donors (Lipinski definition) is 2. The summed E-state index contributed by atoms with van der Waals surface area (Å²) in [5, 5.41) is 12.6. The van der Waals surface area contributed by atoms with Crippen molar-refractivity contribution in [2.75, 3.05) is 11.9 Å². The van der Waals surface area contributed by atoms with Gasteiger partial charge in [-0.15, -0.1) is 11.3 Å². The summed E-state index contributed by atoms with van der Waals surface area (Å²) in [6.45, 7) is 2.00. The van der Waals surface area contributed by atoms with Crippen molar-refractivity contribution < 1.29 is 5.11 Å². The quantitative estimate of drug-likeness (QED) is 0.886. The maximum Gasteiger partial charge on any atom is 0.127 e. The molecule has 0 aliphatic heterocycles. The van der Waals surface area contributed by atoms with Gasteiger partial charge in [0, 0.05) is 27.7 Å². The van der Waals surface area contributed by atoms with Crippen molar-refractivity contribution in [3.05, 3.63) is 38.9 Å². The predicted octanol–water partition coefficient (Wildman–Crippen LogP) is 2.62. The SMILES string of the molecule is Cc1cc(Br)cc(NC(CO)Cc2cncs2)n1. The van der Waals surface area contributed by atoms with E-state index < -0.39 is 0 Å². The molecule has 18 heavy (non-hydrogen) atoms. The van der Waals surface area contributed by atoms with Crippen molar-refractivity contribution in [1.29, 1.82) is 0 Å². The van der Waals surface area contributed by atoms with Gasteiger partial charge in [-0.2, -0.15) is 0 Å². The molecule has 0 saturated carbocycles. The number of aromatic nitrogens is 2. The molecule has 6 heteroatoms. The normalized spacial score (nSPS) is 12.4. The Morgan fingerprint density at radius 1 is 1.50 bits per heavy atom. The molecule has 0 aliphatic carbocycles. The van der Waals surface area contributed by atoms with Gasteiger partial charge in [0.15, 0.2) is 0 Å². The molecule has 2 heterocycles. The standard InChI is InChI=1S/C12H14BrN3OS/c1-8-2-9(13)3-12(15-8)16-10(6-17)4-11-5-14-7-18-11/h2-3,5,7,10,17H,4,6H2,1H3,(H,15,16). The third kappa shape index (κ3) is 3.76. The average Bonchev–Trinajstić information content (AvgIpc) is 2.79. The summed E-state index contributed by atoms with van der Waals surface area (Å²) in [5.74, 6) is 0.769. The lowest BCUT2D eigenvalue weighted by molar-refractivity contribution is 0.274. The number of pyridine rings is 1. The second kappa shape index (κ2) is 6.26. The fourth-order valence-corrected chi connectivity index (χ4v) is 2.88. The topological polar surface area (TPSA) is 58.0 Å². The van der Waals surface area contributed by atoms with Gasteiger partial charge in [-0.3, -0.25) is 4.98 Å². The van der Waals surface area contributed by atoms with Crippen molar-refractivity contribution in [3.8, 4) is 0 Å². The van der Waals surface area contributed by atoms with Crippen LogP contribution in [0.4, 0.5) is 5.82 Å². The van der Waals surface area contributed by atoms with Gasteiger partial charge in [-0.1, -0.05) is 15.9 Å². The van der Waals surface area contributed by atoms with Crippen LogP contribution in [0.5, 0.6) is 0 Å². The van der Waals surface area contributed by atoms with Crippen LogP contribution in [0.15, 0.2) is 28.3 Å². The number of thiazole rings is 1. The van der Waals surface area contributed by atoms with Gasteiger partial charge in [-0.25, -0.2) is 4.98 Å². The zero-order chi connectivity index (χ0) is 13.0. The Morgan fingerprint density at radius 3 is 2.94 bits per heavy atom. The molecule has 0 aliphatic rings. The Labute approximate surface area is 118 Å². The molecule has 0 fully saturated rings. The van der Waals surface area contributed by atoms with Crippen molar-refractivity contribution in [3.63, 3.8) is 0 Å². The zero-order valence-corrected chi connectivity index (χ0v) is 12.3. The van der Waals surface area contributed by atoms with E-state index in [1.165, 1.54) is 0 Å². The largest absolute Gasteiger partial charge is 0.394 e. The van der Waals surface area contributed by atoms with Gasteiger partial charge in [-0.05, 0) is 19.1 Å². The van der Waals surface area contributed by atoms with E-state index >= 15 is 0 Å². The zero-order valence-electron chi connectivity index (χ0n) is 9.93. The maximum absolute atomic E-state index is 9.41. The molecule has 96 valence electrons. The molecule has 2 rings (SSSR count). The van der Waals surface area contributed by atoms with Crippen LogP contribution in [0.2, 0.25) is 0 Å². The molecule has 2 aromatic rings. The van der Waals surface area contributed by atoms with Gasteiger partial charge in [0.1, 0.15) is 5.82 Å². The molecule has 0 amide bonds. The number of anilines is 1. The highest BCUT2D eigenvalue weighted by Gasteiger charge is 2.10. The molecule has 0 radical (unpaired) electrons. The van der Waals surface area contributed by atoms with E-state index in [9.17, 15) is 5.11 Å². The average molecular weight is 328 g/mol. The van der Waals surface area contributed by atoms with Gasteiger partial charge < -0.3 is 10.4 Å². The van der Waals surface area contributed by atoms with Crippen molar-refractivity contribution in [1.82, 2.24) is 9.97 Å². The van der Waals surface area contributed by atoms with E-state index in [0.29, 0.717) is 0 Å². The van der Waals surface area contributed by atoms with Crippen molar-refractivity contribution in [2.45, 2.75) is 19.4 Å². The van der Waals surface area contributed by atoms with E-state index in [-0.39, 0.29) is 12.6 Å². The first-order chi connectivity index (χ1) is 8.67. The fourth-order valence-electron chi connectivity index (χ4n) is 1.66. The van der Waals surface area contributed by atoms with Crippen LogP contribution in [0.3, 0.4) is 0 Å². The maximum atomic E-state index is 9.41. The Hall–Kier alpha value is -0.980. The van der Waals surface area contributed by atoms with Crippen LogP contribution in [0.1, 0.15) is 10.6 Å². The number of rotatable bonds is 5. The summed E-state index contributed by atoms with van der Waals surface area (Å²) >= 11 is 5.03. The molecule has 4 nitrogen and oxygen atoms in total. The summed E-state index contributed by atoms with van der Waals surface area (Å²) in [6, 6.07) is 3.80. The lowest BCUT2D eigenvalue weighted by Crippen LogP contribution is -2.26. The van der Waals surface area contributed by atoms with E-state index in [4.69, 9.17) is 0 Å². The van der Waals surface area contributed by atoms with Gasteiger partial charge in [0.2, 0.25) is 0 Å². The Balaban J connectivity index is 2.05. The van der Waals surface area contributed by atoms with E-state index in [1.807, 2.05) is 25.3 Å². The van der Waals surface area contributed by atoms with Crippen molar-refractivity contribution in [2.24, 2.45) is 0 Å². The van der Waals surface area contributed by atoms with Crippen LogP contribution in [0, 0.1) is 6.92 Å². The lowest BCUT2D eigenvalue weighted by Gasteiger charge is -2.16. The number of nitrogens with zero attached hydrogens (tertiary/aromatic N) is 2. The van der Waals surface area contributed by atoms with Crippen molar-refractivity contribution >= 4 is 33.1 Å². The third-order valence-corrected chi connectivity index (χ3v) is 3.68. The van der Waals surface area contributed by atoms with Crippen LogP contribution in [0.25, 0.3) is 0 Å². The molecule has 2 aromatic heterocycles. The molecule has 1 unspecified atom stereocenters. The van der Waals surface area contributed by atoms with E-state index in [0.717, 1.165) is 27.3 Å². The first-order valence-corrected chi connectivity index (χ1v) is 7.23. The molecule has 0 spiro atoms. The van der Waals surface area contributed by atoms with Gasteiger partial charge in [0.05, 0.1) is 18.2 Å². The molecule has 0 bridgehead atoms. The minimum atomic E-state index is -0.0494. The van der Waals surface area contributed by atoms with Crippen LogP contribution in [-0.2, 0) is 6.42 Å². The molecule has 2 N–H and O–H groups in total. The first-order valence-electron chi connectivity index (χ1n) is 5.56. The molecule has 0 saturated heterocycles. The predicted molar refractivity (Wildman–Crippen MR) is 77.0 cm³/mol. The minimum absolute atomic E-state index is 0.0494.